The zero-order valence-electron chi connectivity index (χ0n) is 14.2. The molecule has 2 heterocycles. The van der Waals surface area contributed by atoms with Crippen LogP contribution >= 0.6 is 0 Å². The van der Waals surface area contributed by atoms with Gasteiger partial charge in [-0.05, 0) is 65.7 Å². The van der Waals surface area contributed by atoms with Crippen molar-refractivity contribution >= 4 is 22.7 Å². The maximum Gasteiger partial charge on any atom is 0.209 e. The van der Waals surface area contributed by atoms with Gasteiger partial charge in [0, 0.05) is 0 Å². The second-order valence-corrected chi connectivity index (χ2v) is 6.49. The van der Waals surface area contributed by atoms with Gasteiger partial charge in [-0.25, -0.2) is 13.8 Å². The van der Waals surface area contributed by atoms with Crippen molar-refractivity contribution in [2.75, 3.05) is 5.32 Å². The number of nitrogens with one attached hydrogen (secondary N) is 1. The monoisotopic (exact) mass is 359 g/mol. The first-order valence-corrected chi connectivity index (χ1v) is 8.67. The molecule has 5 heteroatoms. The van der Waals surface area contributed by atoms with Crippen LogP contribution in [-0.2, 0) is 0 Å². The summed E-state index contributed by atoms with van der Waals surface area (Å²) in [4.78, 5) is 4.70. The zero-order chi connectivity index (χ0) is 18.4. The van der Waals surface area contributed by atoms with Crippen LogP contribution in [0.2, 0.25) is 0 Å². The average Bonchev–Trinajstić information content (AvgIpc) is 3.07. The predicted octanol–water partition coefficient (Wildman–Crippen LogP) is 5.37. The van der Waals surface area contributed by atoms with Crippen molar-refractivity contribution in [3.8, 4) is 0 Å². The van der Waals surface area contributed by atoms with Crippen molar-refractivity contribution in [1.82, 2.24) is 9.55 Å². The Balaban J connectivity index is 1.71. The van der Waals surface area contributed by atoms with Crippen LogP contribution in [0.1, 0.15) is 17.2 Å². The minimum Gasteiger partial charge on any atom is -0.345 e. The van der Waals surface area contributed by atoms with Gasteiger partial charge >= 0.3 is 0 Å². The van der Waals surface area contributed by atoms with Crippen molar-refractivity contribution in [3.63, 3.8) is 0 Å². The van der Waals surface area contributed by atoms with Crippen molar-refractivity contribution in [1.29, 1.82) is 0 Å². The second-order valence-electron chi connectivity index (χ2n) is 6.49. The van der Waals surface area contributed by atoms with E-state index in [1.807, 2.05) is 28.8 Å². The Bertz CT molecular complexity index is 1160. The molecular formula is C22H15F2N3. The Morgan fingerprint density at radius 1 is 0.815 bits per heavy atom. The molecule has 0 spiro atoms. The van der Waals surface area contributed by atoms with Crippen LogP contribution in [0, 0.1) is 11.6 Å². The minimum atomic E-state index is -0.279. The molecule has 27 heavy (non-hydrogen) atoms. The van der Waals surface area contributed by atoms with Crippen LogP contribution in [0.25, 0.3) is 16.7 Å². The Morgan fingerprint density at radius 2 is 1.48 bits per heavy atom. The van der Waals surface area contributed by atoms with Gasteiger partial charge in [-0.3, -0.25) is 4.57 Å². The molecule has 1 N–H and O–H groups in total. The fourth-order valence-electron chi connectivity index (χ4n) is 3.48. The molecule has 3 nitrogen and oxygen atoms in total. The number of hydrogen-bond donors (Lipinski definition) is 1. The van der Waals surface area contributed by atoms with Crippen LogP contribution in [0.3, 0.4) is 0 Å². The Morgan fingerprint density at radius 3 is 2.22 bits per heavy atom. The molecule has 0 radical (unpaired) electrons. The molecule has 5 rings (SSSR count). The van der Waals surface area contributed by atoms with Gasteiger partial charge in [0.2, 0.25) is 5.95 Å². The highest BCUT2D eigenvalue weighted by Crippen LogP contribution is 2.36. The smallest absolute Gasteiger partial charge is 0.209 e. The van der Waals surface area contributed by atoms with Crippen molar-refractivity contribution < 1.29 is 8.78 Å². The number of hydrogen-bond acceptors (Lipinski definition) is 2. The van der Waals surface area contributed by atoms with E-state index in [1.54, 1.807) is 24.3 Å². The molecule has 0 amide bonds. The lowest BCUT2D eigenvalue weighted by molar-refractivity contribution is 0.626. The van der Waals surface area contributed by atoms with Crippen LogP contribution in [0.15, 0.2) is 78.9 Å². The first-order chi connectivity index (χ1) is 13.2. The van der Waals surface area contributed by atoms with E-state index >= 15 is 0 Å². The number of imidazole rings is 1. The summed E-state index contributed by atoms with van der Waals surface area (Å²) in [5, 5.41) is 3.41. The van der Waals surface area contributed by atoms with E-state index in [0.717, 1.165) is 27.9 Å². The molecule has 0 saturated heterocycles. The number of halogens is 2. The van der Waals surface area contributed by atoms with Gasteiger partial charge in [0.25, 0.3) is 0 Å². The van der Waals surface area contributed by atoms with Gasteiger partial charge < -0.3 is 5.32 Å². The molecule has 1 unspecified atom stereocenters. The summed E-state index contributed by atoms with van der Waals surface area (Å²) in [6, 6.07) is 20.5. The Kier molecular flexibility index (Phi) is 3.53. The first kappa shape index (κ1) is 15.8. The minimum absolute atomic E-state index is 0.171. The van der Waals surface area contributed by atoms with Crippen LogP contribution < -0.4 is 5.32 Å². The molecule has 4 aromatic rings. The summed E-state index contributed by atoms with van der Waals surface area (Å²) in [5.74, 6) is 0.149. The van der Waals surface area contributed by atoms with E-state index in [0.29, 0.717) is 5.95 Å². The number of anilines is 1. The topological polar surface area (TPSA) is 29.9 Å². The van der Waals surface area contributed by atoms with Crippen molar-refractivity contribution in [2.45, 2.75) is 6.04 Å². The molecule has 0 bridgehead atoms. The number of benzene rings is 3. The number of fused-ring (bicyclic) bond motifs is 3. The summed E-state index contributed by atoms with van der Waals surface area (Å²) in [6.45, 7) is 0. The lowest BCUT2D eigenvalue weighted by Gasteiger charge is -2.26. The Labute approximate surface area is 154 Å². The highest BCUT2D eigenvalue weighted by atomic mass is 19.1. The lowest BCUT2D eigenvalue weighted by Crippen LogP contribution is -2.19. The number of rotatable bonds is 2. The Hall–Kier alpha value is -3.47. The van der Waals surface area contributed by atoms with Crippen LogP contribution in [0.4, 0.5) is 14.7 Å². The summed E-state index contributed by atoms with van der Waals surface area (Å²) in [5.41, 5.74) is 4.55. The molecule has 1 aliphatic heterocycles. The maximum atomic E-state index is 13.4. The van der Waals surface area contributed by atoms with Gasteiger partial charge in [-0.1, -0.05) is 24.3 Å². The second kappa shape index (κ2) is 6.06. The third kappa shape index (κ3) is 2.68. The van der Waals surface area contributed by atoms with Gasteiger partial charge in [0.1, 0.15) is 11.6 Å². The number of aromatic nitrogens is 2. The molecule has 0 saturated carbocycles. The van der Waals surface area contributed by atoms with Crippen LogP contribution in [-0.4, -0.2) is 9.55 Å². The zero-order valence-corrected chi connectivity index (χ0v) is 14.2. The lowest BCUT2D eigenvalue weighted by atomic mass is 10.0. The summed E-state index contributed by atoms with van der Waals surface area (Å²) >= 11 is 0. The van der Waals surface area contributed by atoms with Gasteiger partial charge in [-0.15, -0.1) is 0 Å². The molecule has 0 aliphatic carbocycles. The first-order valence-electron chi connectivity index (χ1n) is 8.67. The molecule has 1 aliphatic rings. The van der Waals surface area contributed by atoms with Crippen LogP contribution in [0.5, 0.6) is 0 Å². The van der Waals surface area contributed by atoms with Crippen molar-refractivity contribution in [2.24, 2.45) is 0 Å². The van der Waals surface area contributed by atoms with E-state index in [1.165, 1.54) is 24.3 Å². The quantitative estimate of drug-likeness (QED) is 0.521. The fraction of sp³-hybridized carbons (Fsp3) is 0.0455. The van der Waals surface area contributed by atoms with Gasteiger partial charge in [0.05, 0.1) is 22.8 Å². The molecule has 132 valence electrons. The normalized spacial score (nSPS) is 15.9. The molecular weight excluding hydrogens is 344 g/mol. The SMILES string of the molecule is Fc1ccc(C2=CC(c3ccc(F)cc3)Nc3nc4ccccc4n32)cc1. The highest BCUT2D eigenvalue weighted by molar-refractivity contribution is 5.88. The third-order valence-electron chi connectivity index (χ3n) is 4.78. The molecule has 1 atom stereocenters. The van der Waals surface area contributed by atoms with E-state index in [-0.39, 0.29) is 17.7 Å². The maximum absolute atomic E-state index is 13.4. The van der Waals surface area contributed by atoms with E-state index < -0.39 is 0 Å². The standard InChI is InChI=1S/C22H15F2N3/c23-16-9-5-14(6-10-16)19-13-21(15-7-11-17(24)12-8-15)27-20-4-2-1-3-18(20)25-22(27)26-19/h1-13,19H,(H,25,26). The van der Waals surface area contributed by atoms with E-state index in [9.17, 15) is 8.78 Å². The molecule has 0 fully saturated rings. The summed E-state index contributed by atoms with van der Waals surface area (Å²) in [7, 11) is 0. The molecule has 3 aromatic carbocycles. The number of para-hydroxylation sites is 2. The largest absolute Gasteiger partial charge is 0.345 e. The average molecular weight is 359 g/mol. The van der Waals surface area contributed by atoms with E-state index in [2.05, 4.69) is 11.4 Å². The highest BCUT2D eigenvalue weighted by Gasteiger charge is 2.24. The fourth-order valence-corrected chi connectivity index (χ4v) is 3.48. The van der Waals surface area contributed by atoms with Gasteiger partial charge in [-0.2, -0.15) is 0 Å². The van der Waals surface area contributed by atoms with Crippen molar-refractivity contribution in [3.05, 3.63) is 102 Å². The van der Waals surface area contributed by atoms with E-state index in [4.69, 9.17) is 4.98 Å². The third-order valence-corrected chi connectivity index (χ3v) is 4.78. The predicted molar refractivity (Wildman–Crippen MR) is 102 cm³/mol. The van der Waals surface area contributed by atoms with Gasteiger partial charge in [0.15, 0.2) is 0 Å². The summed E-state index contributed by atoms with van der Waals surface area (Å²) < 4.78 is 28.8. The molecule has 1 aromatic heterocycles. The summed E-state index contributed by atoms with van der Waals surface area (Å²) in [6.07, 6.45) is 2.06. The number of nitrogens with zero attached hydrogens (tertiary/aromatic N) is 2.